The highest BCUT2D eigenvalue weighted by Crippen LogP contribution is 1.97. The average molecular weight is 184 g/mol. The normalized spacial score (nSPS) is 9.31. The van der Waals surface area contributed by atoms with E-state index in [2.05, 4.69) is 0 Å². The van der Waals surface area contributed by atoms with Crippen LogP contribution < -0.4 is 0 Å². The zero-order chi connectivity index (χ0) is 10.1. The van der Waals surface area contributed by atoms with E-state index in [1.165, 1.54) is 4.90 Å². The molecule has 0 rings (SSSR count). The zero-order valence-corrected chi connectivity index (χ0v) is 8.25. The Bertz CT molecular complexity index is 187. The number of hydrogen-bond acceptors (Lipinski definition) is 3. The Labute approximate surface area is 79.1 Å². The molecule has 0 saturated carbocycles. The maximum atomic E-state index is 11.4. The van der Waals surface area contributed by atoms with E-state index in [1.807, 2.05) is 13.0 Å². The van der Waals surface area contributed by atoms with E-state index in [-0.39, 0.29) is 12.5 Å². The number of ether oxygens (including phenoxy) is 1. The van der Waals surface area contributed by atoms with Crippen molar-refractivity contribution < 1.29 is 9.53 Å². The fraction of sp³-hybridized carbons (Fsp3) is 0.778. The Kier molecular flexibility index (Phi) is 6.93. The van der Waals surface area contributed by atoms with Crippen LogP contribution in [0.1, 0.15) is 19.8 Å². The van der Waals surface area contributed by atoms with Crippen LogP contribution in [0.4, 0.5) is 0 Å². The molecule has 0 aliphatic carbocycles. The van der Waals surface area contributed by atoms with Crippen molar-refractivity contribution in [2.24, 2.45) is 0 Å². The SMILES string of the molecule is CCN(CC#N)C(=O)CCCOC. The summed E-state index contributed by atoms with van der Waals surface area (Å²) < 4.78 is 4.83. The standard InChI is InChI=1S/C9H16N2O2/c1-3-11(7-6-10)9(12)5-4-8-13-2/h3-5,7-8H2,1-2H3. The van der Waals surface area contributed by atoms with Gasteiger partial charge in [-0.25, -0.2) is 0 Å². The molecule has 0 heterocycles. The van der Waals surface area contributed by atoms with Crippen molar-refractivity contribution >= 4 is 5.91 Å². The third-order valence-corrected chi connectivity index (χ3v) is 1.74. The number of carbonyl (C=O) groups excluding carboxylic acids is 1. The molecular weight excluding hydrogens is 168 g/mol. The molecule has 0 aromatic carbocycles. The molecule has 0 aliphatic rings. The maximum Gasteiger partial charge on any atom is 0.223 e. The van der Waals surface area contributed by atoms with Crippen molar-refractivity contribution in [3.8, 4) is 6.07 Å². The van der Waals surface area contributed by atoms with Crippen molar-refractivity contribution in [2.75, 3.05) is 26.8 Å². The summed E-state index contributed by atoms with van der Waals surface area (Å²) in [7, 11) is 1.61. The van der Waals surface area contributed by atoms with Gasteiger partial charge in [-0.3, -0.25) is 4.79 Å². The van der Waals surface area contributed by atoms with Crippen LogP contribution in [0.3, 0.4) is 0 Å². The predicted octanol–water partition coefficient (Wildman–Crippen LogP) is 0.785. The maximum absolute atomic E-state index is 11.4. The number of carbonyl (C=O) groups is 1. The highest BCUT2D eigenvalue weighted by Gasteiger charge is 2.09. The first-order valence-electron chi connectivity index (χ1n) is 4.39. The van der Waals surface area contributed by atoms with Crippen LogP contribution in [-0.2, 0) is 9.53 Å². The molecule has 0 unspecified atom stereocenters. The second-order valence-electron chi connectivity index (χ2n) is 2.66. The van der Waals surface area contributed by atoms with Gasteiger partial charge in [-0.05, 0) is 13.3 Å². The minimum Gasteiger partial charge on any atom is -0.385 e. The van der Waals surface area contributed by atoms with E-state index in [9.17, 15) is 4.79 Å². The van der Waals surface area contributed by atoms with E-state index >= 15 is 0 Å². The van der Waals surface area contributed by atoms with Gasteiger partial charge >= 0.3 is 0 Å². The first-order chi connectivity index (χ1) is 6.26. The molecule has 0 bridgehead atoms. The molecule has 0 N–H and O–H groups in total. The van der Waals surface area contributed by atoms with Crippen LogP contribution in [-0.4, -0.2) is 37.6 Å². The van der Waals surface area contributed by atoms with Gasteiger partial charge in [0.25, 0.3) is 0 Å². The van der Waals surface area contributed by atoms with Gasteiger partial charge in [-0.2, -0.15) is 5.26 Å². The number of amides is 1. The molecule has 74 valence electrons. The van der Waals surface area contributed by atoms with Gasteiger partial charge in [-0.15, -0.1) is 0 Å². The Morgan fingerprint density at radius 2 is 2.31 bits per heavy atom. The van der Waals surface area contributed by atoms with E-state index in [0.29, 0.717) is 19.6 Å². The van der Waals surface area contributed by atoms with Gasteiger partial charge < -0.3 is 9.64 Å². The predicted molar refractivity (Wildman–Crippen MR) is 49.0 cm³/mol. The number of nitriles is 1. The molecule has 0 saturated heterocycles. The van der Waals surface area contributed by atoms with E-state index in [0.717, 1.165) is 6.42 Å². The summed E-state index contributed by atoms with van der Waals surface area (Å²) in [6.07, 6.45) is 1.18. The number of methoxy groups -OCH3 is 1. The molecule has 13 heavy (non-hydrogen) atoms. The Hall–Kier alpha value is -1.08. The summed E-state index contributed by atoms with van der Waals surface area (Å²) in [5, 5.41) is 8.42. The molecule has 4 heteroatoms. The Morgan fingerprint density at radius 1 is 1.62 bits per heavy atom. The minimum atomic E-state index is 0.0288. The smallest absolute Gasteiger partial charge is 0.223 e. The monoisotopic (exact) mass is 184 g/mol. The molecule has 0 radical (unpaired) electrons. The molecule has 0 aliphatic heterocycles. The molecule has 0 atom stereocenters. The van der Waals surface area contributed by atoms with E-state index < -0.39 is 0 Å². The molecule has 4 nitrogen and oxygen atoms in total. The van der Waals surface area contributed by atoms with Gasteiger partial charge in [0.05, 0.1) is 6.07 Å². The molecule has 0 fully saturated rings. The third-order valence-electron chi connectivity index (χ3n) is 1.74. The van der Waals surface area contributed by atoms with Gasteiger partial charge in [0.1, 0.15) is 6.54 Å². The van der Waals surface area contributed by atoms with Crippen LogP contribution in [0.2, 0.25) is 0 Å². The largest absolute Gasteiger partial charge is 0.385 e. The van der Waals surface area contributed by atoms with Gasteiger partial charge in [0.2, 0.25) is 5.91 Å². The number of rotatable bonds is 6. The zero-order valence-electron chi connectivity index (χ0n) is 8.25. The lowest BCUT2D eigenvalue weighted by molar-refractivity contribution is -0.130. The van der Waals surface area contributed by atoms with Crippen molar-refractivity contribution in [3.63, 3.8) is 0 Å². The molecule has 0 spiro atoms. The van der Waals surface area contributed by atoms with Crippen molar-refractivity contribution in [1.29, 1.82) is 5.26 Å². The summed E-state index contributed by atoms with van der Waals surface area (Å²) in [6.45, 7) is 3.24. The first kappa shape index (κ1) is 11.9. The quantitative estimate of drug-likeness (QED) is 0.453. The second-order valence-corrected chi connectivity index (χ2v) is 2.66. The van der Waals surface area contributed by atoms with Crippen molar-refractivity contribution in [3.05, 3.63) is 0 Å². The lowest BCUT2D eigenvalue weighted by Crippen LogP contribution is -2.31. The second kappa shape index (κ2) is 7.56. The lowest BCUT2D eigenvalue weighted by atomic mass is 10.3. The average Bonchev–Trinajstić information content (AvgIpc) is 2.14. The molecule has 1 amide bonds. The first-order valence-corrected chi connectivity index (χ1v) is 4.39. The molecule has 0 aromatic heterocycles. The highest BCUT2D eigenvalue weighted by atomic mass is 16.5. The topological polar surface area (TPSA) is 53.3 Å². The van der Waals surface area contributed by atoms with E-state index in [4.69, 9.17) is 10.00 Å². The van der Waals surface area contributed by atoms with Crippen LogP contribution in [0.5, 0.6) is 0 Å². The van der Waals surface area contributed by atoms with Crippen LogP contribution in [0, 0.1) is 11.3 Å². The van der Waals surface area contributed by atoms with Crippen LogP contribution >= 0.6 is 0 Å². The van der Waals surface area contributed by atoms with Gasteiger partial charge in [0.15, 0.2) is 0 Å². The van der Waals surface area contributed by atoms with Crippen LogP contribution in [0.25, 0.3) is 0 Å². The lowest BCUT2D eigenvalue weighted by Gasteiger charge is -2.16. The summed E-state index contributed by atoms with van der Waals surface area (Å²) in [5.74, 6) is 0.0288. The fourth-order valence-corrected chi connectivity index (χ4v) is 0.988. The fourth-order valence-electron chi connectivity index (χ4n) is 0.988. The van der Waals surface area contributed by atoms with Crippen LogP contribution in [0.15, 0.2) is 0 Å². The number of hydrogen-bond donors (Lipinski definition) is 0. The Balaban J connectivity index is 3.72. The molecular formula is C9H16N2O2. The third kappa shape index (κ3) is 5.21. The molecule has 0 aromatic rings. The summed E-state index contributed by atoms with van der Waals surface area (Å²) in [6, 6.07) is 1.96. The summed E-state index contributed by atoms with van der Waals surface area (Å²) in [5.41, 5.74) is 0. The number of nitrogens with zero attached hydrogens (tertiary/aromatic N) is 2. The Morgan fingerprint density at radius 3 is 2.77 bits per heavy atom. The van der Waals surface area contributed by atoms with Crippen molar-refractivity contribution in [1.82, 2.24) is 4.90 Å². The van der Waals surface area contributed by atoms with Crippen molar-refractivity contribution in [2.45, 2.75) is 19.8 Å². The van der Waals surface area contributed by atoms with Gasteiger partial charge in [0, 0.05) is 26.7 Å². The minimum absolute atomic E-state index is 0.0288. The van der Waals surface area contributed by atoms with E-state index in [1.54, 1.807) is 7.11 Å². The highest BCUT2D eigenvalue weighted by molar-refractivity contribution is 5.76. The van der Waals surface area contributed by atoms with Gasteiger partial charge in [-0.1, -0.05) is 0 Å². The summed E-state index contributed by atoms with van der Waals surface area (Å²) in [4.78, 5) is 12.9. The summed E-state index contributed by atoms with van der Waals surface area (Å²) >= 11 is 0.